The second-order valence-corrected chi connectivity index (χ2v) is 5.45. The fourth-order valence-corrected chi connectivity index (χ4v) is 2.36. The van der Waals surface area contributed by atoms with Gasteiger partial charge in [0.2, 0.25) is 11.8 Å². The third-order valence-electron chi connectivity index (χ3n) is 3.23. The van der Waals surface area contributed by atoms with Crippen molar-refractivity contribution in [2.45, 2.75) is 12.8 Å². The number of amides is 2. The van der Waals surface area contributed by atoms with Crippen LogP contribution in [0.4, 0.5) is 5.69 Å². The van der Waals surface area contributed by atoms with Crippen LogP contribution in [0.2, 0.25) is 10.0 Å². The van der Waals surface area contributed by atoms with Crippen molar-refractivity contribution < 1.29 is 9.59 Å². The van der Waals surface area contributed by atoms with E-state index in [4.69, 9.17) is 23.2 Å². The number of hydrogen-bond acceptors (Lipinski definition) is 2. The van der Waals surface area contributed by atoms with Gasteiger partial charge >= 0.3 is 0 Å². The molecular weight excluding hydrogens is 299 g/mol. The van der Waals surface area contributed by atoms with Crippen molar-refractivity contribution in [3.8, 4) is 0 Å². The third-order valence-corrected chi connectivity index (χ3v) is 3.86. The lowest BCUT2D eigenvalue weighted by molar-refractivity contribution is -0.134. The highest BCUT2D eigenvalue weighted by molar-refractivity contribution is 6.40. The van der Waals surface area contributed by atoms with Gasteiger partial charge in [0.05, 0.1) is 15.7 Å². The number of anilines is 1. The largest absolute Gasteiger partial charge is 0.352 e. The zero-order chi connectivity index (χ0) is 14.8. The van der Waals surface area contributed by atoms with Gasteiger partial charge in [-0.25, -0.2) is 0 Å². The Kier molecular flexibility index (Phi) is 4.35. The van der Waals surface area contributed by atoms with Crippen LogP contribution in [0.25, 0.3) is 0 Å². The van der Waals surface area contributed by atoms with Crippen LogP contribution < -0.4 is 10.6 Å². The van der Waals surface area contributed by atoms with Gasteiger partial charge in [-0.3, -0.25) is 9.59 Å². The van der Waals surface area contributed by atoms with E-state index in [1.165, 1.54) is 0 Å². The molecule has 1 aromatic rings. The predicted octanol–water partition coefficient (Wildman–Crippen LogP) is 3.01. The molecule has 0 saturated heterocycles. The summed E-state index contributed by atoms with van der Waals surface area (Å²) in [5, 5.41) is 5.98. The molecule has 1 aliphatic carbocycles. The number of halogens is 2. The molecule has 0 unspecified atom stereocenters. The Morgan fingerprint density at radius 2 is 1.85 bits per heavy atom. The Bertz CT molecular complexity index is 548. The van der Waals surface area contributed by atoms with Crippen molar-refractivity contribution in [1.82, 2.24) is 5.32 Å². The number of nitrogens with one attached hydrogen (secondary N) is 2. The topological polar surface area (TPSA) is 58.2 Å². The SMILES string of the molecule is C=CCNC(=O)C1(C(=O)Nc2c(Cl)cccc2Cl)CC1. The summed E-state index contributed by atoms with van der Waals surface area (Å²) < 4.78 is 0. The highest BCUT2D eigenvalue weighted by Crippen LogP contribution is 2.47. The first-order chi connectivity index (χ1) is 9.51. The van der Waals surface area contributed by atoms with Gasteiger partial charge in [0.15, 0.2) is 0 Å². The van der Waals surface area contributed by atoms with Crippen molar-refractivity contribution in [3.63, 3.8) is 0 Å². The van der Waals surface area contributed by atoms with Crippen LogP contribution in [0.1, 0.15) is 12.8 Å². The Balaban J connectivity index is 2.12. The molecule has 4 nitrogen and oxygen atoms in total. The summed E-state index contributed by atoms with van der Waals surface area (Å²) in [4.78, 5) is 24.3. The number of carbonyl (C=O) groups excluding carboxylic acids is 2. The summed E-state index contributed by atoms with van der Waals surface area (Å²) in [5.74, 6) is -0.674. The first-order valence-electron chi connectivity index (χ1n) is 6.16. The maximum atomic E-state index is 12.3. The summed E-state index contributed by atoms with van der Waals surface area (Å²) >= 11 is 12.0. The highest BCUT2D eigenvalue weighted by Gasteiger charge is 2.56. The first-order valence-corrected chi connectivity index (χ1v) is 6.91. The van der Waals surface area contributed by atoms with E-state index in [-0.39, 0.29) is 11.8 Å². The molecule has 1 saturated carbocycles. The molecule has 0 aliphatic heterocycles. The Labute approximate surface area is 127 Å². The Morgan fingerprint density at radius 1 is 1.25 bits per heavy atom. The van der Waals surface area contributed by atoms with E-state index in [1.54, 1.807) is 24.3 Å². The van der Waals surface area contributed by atoms with Crippen LogP contribution in [0.5, 0.6) is 0 Å². The van der Waals surface area contributed by atoms with Crippen LogP contribution in [0, 0.1) is 5.41 Å². The second kappa shape index (κ2) is 5.85. The molecule has 0 bridgehead atoms. The van der Waals surface area contributed by atoms with E-state index >= 15 is 0 Å². The summed E-state index contributed by atoms with van der Waals surface area (Å²) in [6.07, 6.45) is 2.60. The maximum absolute atomic E-state index is 12.3. The van der Waals surface area contributed by atoms with Gasteiger partial charge in [-0.1, -0.05) is 35.3 Å². The number of para-hydroxylation sites is 1. The average Bonchev–Trinajstić information content (AvgIpc) is 3.21. The fourth-order valence-electron chi connectivity index (χ4n) is 1.87. The minimum Gasteiger partial charge on any atom is -0.352 e. The predicted molar refractivity (Wildman–Crippen MR) is 80.0 cm³/mol. The molecule has 1 fully saturated rings. The second-order valence-electron chi connectivity index (χ2n) is 4.63. The number of rotatable bonds is 5. The minimum absolute atomic E-state index is 0.293. The van der Waals surface area contributed by atoms with E-state index in [1.807, 2.05) is 0 Å². The van der Waals surface area contributed by atoms with Gasteiger partial charge in [0.1, 0.15) is 5.41 Å². The Hall–Kier alpha value is -1.52. The molecule has 0 spiro atoms. The summed E-state index contributed by atoms with van der Waals surface area (Å²) in [6, 6.07) is 4.94. The molecule has 0 radical (unpaired) electrons. The van der Waals surface area contributed by atoms with Crippen LogP contribution in [0.15, 0.2) is 30.9 Å². The zero-order valence-corrected chi connectivity index (χ0v) is 12.2. The molecule has 106 valence electrons. The van der Waals surface area contributed by atoms with E-state index in [0.29, 0.717) is 35.1 Å². The first kappa shape index (κ1) is 14.9. The van der Waals surface area contributed by atoms with Crippen LogP contribution in [0.3, 0.4) is 0 Å². The van der Waals surface area contributed by atoms with Crippen molar-refractivity contribution in [1.29, 1.82) is 0 Å². The molecular formula is C14H14Cl2N2O2. The minimum atomic E-state index is -1.01. The molecule has 0 atom stereocenters. The van der Waals surface area contributed by atoms with Crippen LogP contribution in [-0.2, 0) is 9.59 Å². The average molecular weight is 313 g/mol. The van der Waals surface area contributed by atoms with Gasteiger partial charge in [-0.2, -0.15) is 0 Å². The zero-order valence-electron chi connectivity index (χ0n) is 10.7. The lowest BCUT2D eigenvalue weighted by atomic mass is 10.1. The normalized spacial score (nSPS) is 15.3. The number of benzene rings is 1. The standard InChI is InChI=1S/C14H14Cl2N2O2/c1-2-8-17-12(19)14(6-7-14)13(20)18-11-9(15)4-3-5-10(11)16/h2-5H,1,6-8H2,(H,17,19)(H,18,20). The molecule has 2 rings (SSSR count). The van der Waals surface area contributed by atoms with Crippen molar-refractivity contribution >= 4 is 40.7 Å². The van der Waals surface area contributed by atoms with Crippen molar-refractivity contribution in [3.05, 3.63) is 40.9 Å². The molecule has 1 aromatic carbocycles. The van der Waals surface area contributed by atoms with E-state index in [9.17, 15) is 9.59 Å². The molecule has 2 N–H and O–H groups in total. The van der Waals surface area contributed by atoms with Gasteiger partial charge in [0.25, 0.3) is 0 Å². The smallest absolute Gasteiger partial charge is 0.240 e. The maximum Gasteiger partial charge on any atom is 0.240 e. The molecule has 2 amide bonds. The molecule has 20 heavy (non-hydrogen) atoms. The highest BCUT2D eigenvalue weighted by atomic mass is 35.5. The summed E-state index contributed by atoms with van der Waals surface area (Å²) in [7, 11) is 0. The Morgan fingerprint density at radius 3 is 2.35 bits per heavy atom. The molecule has 0 aromatic heterocycles. The van der Waals surface area contributed by atoms with Gasteiger partial charge < -0.3 is 10.6 Å². The monoisotopic (exact) mass is 312 g/mol. The summed E-state index contributed by atoms with van der Waals surface area (Å²) in [6.45, 7) is 3.85. The fraction of sp³-hybridized carbons (Fsp3) is 0.286. The van der Waals surface area contributed by atoms with Crippen LogP contribution in [-0.4, -0.2) is 18.4 Å². The van der Waals surface area contributed by atoms with E-state index in [2.05, 4.69) is 17.2 Å². The molecule has 0 heterocycles. The van der Waals surface area contributed by atoms with Gasteiger partial charge in [-0.15, -0.1) is 6.58 Å². The summed E-state index contributed by atoms with van der Waals surface area (Å²) in [5.41, 5.74) is -0.672. The van der Waals surface area contributed by atoms with Gasteiger partial charge in [0, 0.05) is 6.54 Å². The van der Waals surface area contributed by atoms with E-state index < -0.39 is 5.41 Å². The third kappa shape index (κ3) is 2.81. The lowest BCUT2D eigenvalue weighted by Crippen LogP contribution is -2.40. The lowest BCUT2D eigenvalue weighted by Gasteiger charge is -2.16. The molecule has 1 aliphatic rings. The van der Waals surface area contributed by atoms with E-state index in [0.717, 1.165) is 0 Å². The van der Waals surface area contributed by atoms with Crippen molar-refractivity contribution in [2.24, 2.45) is 5.41 Å². The van der Waals surface area contributed by atoms with Gasteiger partial charge in [-0.05, 0) is 25.0 Å². The quantitative estimate of drug-likeness (QED) is 0.648. The van der Waals surface area contributed by atoms with Crippen LogP contribution >= 0.6 is 23.2 Å². The molecule has 6 heteroatoms. The number of carbonyl (C=O) groups is 2. The van der Waals surface area contributed by atoms with Crippen molar-refractivity contribution in [2.75, 3.05) is 11.9 Å². The number of hydrogen-bond donors (Lipinski definition) is 2.